The molecule has 0 aliphatic heterocycles. The molecule has 3 unspecified atom stereocenters. The maximum atomic E-state index is 11.6. The van der Waals surface area contributed by atoms with E-state index in [0.717, 1.165) is 32.1 Å². The topological polar surface area (TPSA) is 83.4 Å². The summed E-state index contributed by atoms with van der Waals surface area (Å²) in [7, 11) is 1.68. The fraction of sp³-hybridized carbons (Fsp3) is 0.882. The minimum Gasteiger partial charge on any atom is -0.444 e. The van der Waals surface area contributed by atoms with Gasteiger partial charge in [0.05, 0.1) is 18.6 Å². The lowest BCUT2D eigenvalue weighted by atomic mass is 10.0. The lowest BCUT2D eigenvalue weighted by Crippen LogP contribution is -2.43. The maximum Gasteiger partial charge on any atom is 0.407 e. The van der Waals surface area contributed by atoms with E-state index in [1.54, 1.807) is 7.11 Å². The minimum absolute atomic E-state index is 0.106. The summed E-state index contributed by atoms with van der Waals surface area (Å²) in [5.41, 5.74) is -0.473. The van der Waals surface area contributed by atoms with Gasteiger partial charge in [-0.1, -0.05) is 6.42 Å². The van der Waals surface area contributed by atoms with Crippen LogP contribution in [-0.4, -0.2) is 44.0 Å². The van der Waals surface area contributed by atoms with Crippen molar-refractivity contribution in [3.63, 3.8) is 0 Å². The Morgan fingerprint density at radius 2 is 2.13 bits per heavy atom. The Morgan fingerprint density at radius 1 is 1.39 bits per heavy atom. The van der Waals surface area contributed by atoms with E-state index in [1.807, 2.05) is 20.8 Å². The number of nitriles is 1. The highest BCUT2D eigenvalue weighted by atomic mass is 16.6. The third-order valence-corrected chi connectivity index (χ3v) is 3.90. The van der Waals surface area contributed by atoms with Gasteiger partial charge in [0, 0.05) is 25.7 Å². The number of methoxy groups -OCH3 is 1. The second-order valence-electron chi connectivity index (χ2n) is 7.16. The first-order chi connectivity index (χ1) is 10.9. The van der Waals surface area contributed by atoms with Gasteiger partial charge in [0.15, 0.2) is 0 Å². The van der Waals surface area contributed by atoms with E-state index < -0.39 is 5.60 Å². The molecule has 0 saturated heterocycles. The number of rotatable bonds is 8. The van der Waals surface area contributed by atoms with Crippen molar-refractivity contribution in [2.75, 3.05) is 20.3 Å². The second-order valence-corrected chi connectivity index (χ2v) is 7.16. The third-order valence-electron chi connectivity index (χ3n) is 3.90. The number of alkyl carbamates (subject to hydrolysis) is 1. The summed E-state index contributed by atoms with van der Waals surface area (Å²) in [6, 6.07) is 2.86. The molecule has 0 aromatic carbocycles. The molecule has 3 atom stereocenters. The molecule has 132 valence electrons. The van der Waals surface area contributed by atoms with Crippen LogP contribution in [0.4, 0.5) is 4.79 Å². The first-order valence-electron chi connectivity index (χ1n) is 8.47. The number of amides is 1. The zero-order valence-electron chi connectivity index (χ0n) is 14.9. The van der Waals surface area contributed by atoms with Crippen LogP contribution in [0.25, 0.3) is 0 Å². The smallest absolute Gasteiger partial charge is 0.407 e. The summed E-state index contributed by atoms with van der Waals surface area (Å²) >= 11 is 0. The van der Waals surface area contributed by atoms with Crippen molar-refractivity contribution >= 4 is 6.09 Å². The molecule has 1 rings (SSSR count). The number of carbonyl (C=O) groups is 1. The highest BCUT2D eigenvalue weighted by Crippen LogP contribution is 2.25. The van der Waals surface area contributed by atoms with Gasteiger partial charge in [0.1, 0.15) is 5.60 Å². The average Bonchev–Trinajstić information content (AvgIpc) is 2.89. The Morgan fingerprint density at radius 3 is 2.74 bits per heavy atom. The molecule has 1 amide bonds. The van der Waals surface area contributed by atoms with Crippen molar-refractivity contribution in [2.24, 2.45) is 5.92 Å². The maximum absolute atomic E-state index is 11.6. The number of nitrogens with zero attached hydrogens (tertiary/aromatic N) is 1. The van der Waals surface area contributed by atoms with Crippen LogP contribution in [0.2, 0.25) is 0 Å². The molecule has 2 N–H and O–H groups in total. The van der Waals surface area contributed by atoms with Gasteiger partial charge < -0.3 is 20.1 Å². The van der Waals surface area contributed by atoms with Crippen molar-refractivity contribution in [1.29, 1.82) is 5.26 Å². The molecule has 0 aromatic heterocycles. The van der Waals surface area contributed by atoms with Crippen molar-refractivity contribution in [1.82, 2.24) is 10.6 Å². The van der Waals surface area contributed by atoms with Crippen LogP contribution < -0.4 is 10.6 Å². The van der Waals surface area contributed by atoms with Gasteiger partial charge in [0.2, 0.25) is 0 Å². The normalized spacial score (nSPS) is 22.4. The second kappa shape index (κ2) is 9.74. The predicted octanol–water partition coefficient (Wildman–Crippen LogP) is 2.59. The van der Waals surface area contributed by atoms with E-state index in [1.165, 1.54) is 0 Å². The average molecular weight is 325 g/mol. The largest absolute Gasteiger partial charge is 0.444 e. The molecular weight excluding hydrogens is 294 g/mol. The molecule has 6 nitrogen and oxygen atoms in total. The monoisotopic (exact) mass is 325 g/mol. The fourth-order valence-electron chi connectivity index (χ4n) is 2.89. The zero-order valence-corrected chi connectivity index (χ0v) is 14.9. The zero-order chi connectivity index (χ0) is 17.3. The predicted molar refractivity (Wildman–Crippen MR) is 89.0 cm³/mol. The number of hydrogen-bond donors (Lipinski definition) is 2. The van der Waals surface area contributed by atoms with Crippen LogP contribution in [0.1, 0.15) is 52.9 Å². The van der Waals surface area contributed by atoms with Gasteiger partial charge in [-0.05, 0) is 46.5 Å². The van der Waals surface area contributed by atoms with E-state index >= 15 is 0 Å². The first-order valence-corrected chi connectivity index (χ1v) is 8.47. The van der Waals surface area contributed by atoms with Crippen molar-refractivity contribution < 1.29 is 14.3 Å². The molecular formula is C17H31N3O3. The quantitative estimate of drug-likeness (QED) is 0.670. The van der Waals surface area contributed by atoms with Crippen molar-refractivity contribution in [3.8, 4) is 6.07 Å². The molecule has 0 bridgehead atoms. The summed E-state index contributed by atoms with van der Waals surface area (Å²) in [5.74, 6) is 0.106. The van der Waals surface area contributed by atoms with Gasteiger partial charge in [-0.2, -0.15) is 5.26 Å². The molecule has 1 fully saturated rings. The Bertz CT molecular complexity index is 401. The Hall–Kier alpha value is -1.32. The molecule has 6 heteroatoms. The van der Waals surface area contributed by atoms with E-state index in [0.29, 0.717) is 13.2 Å². The van der Waals surface area contributed by atoms with Gasteiger partial charge >= 0.3 is 6.09 Å². The van der Waals surface area contributed by atoms with Gasteiger partial charge in [0.25, 0.3) is 0 Å². The lowest BCUT2D eigenvalue weighted by Gasteiger charge is -2.24. The van der Waals surface area contributed by atoms with Crippen LogP contribution in [0.5, 0.6) is 0 Å². The number of nitrogens with one attached hydrogen (secondary N) is 2. The molecule has 23 heavy (non-hydrogen) atoms. The molecule has 0 aromatic rings. The van der Waals surface area contributed by atoms with Crippen LogP contribution in [0, 0.1) is 17.2 Å². The molecule has 1 aliphatic rings. The van der Waals surface area contributed by atoms with Gasteiger partial charge in [-0.25, -0.2) is 4.79 Å². The van der Waals surface area contributed by atoms with E-state index in [9.17, 15) is 4.79 Å². The molecule has 1 aliphatic carbocycles. The summed E-state index contributed by atoms with van der Waals surface area (Å²) in [6.07, 6.45) is 4.48. The summed E-state index contributed by atoms with van der Waals surface area (Å²) in [6.45, 7) is 6.72. The fourth-order valence-corrected chi connectivity index (χ4v) is 2.89. The molecule has 0 radical (unpaired) electrons. The summed E-state index contributed by atoms with van der Waals surface area (Å²) in [5, 5.41) is 15.5. The van der Waals surface area contributed by atoms with Crippen LogP contribution in [0.15, 0.2) is 0 Å². The molecule has 0 spiro atoms. The lowest BCUT2D eigenvalue weighted by molar-refractivity contribution is 0.0526. The summed E-state index contributed by atoms with van der Waals surface area (Å²) < 4.78 is 10.5. The van der Waals surface area contributed by atoms with E-state index in [2.05, 4.69) is 16.7 Å². The van der Waals surface area contributed by atoms with Gasteiger partial charge in [-0.15, -0.1) is 0 Å². The van der Waals surface area contributed by atoms with Crippen molar-refractivity contribution in [3.05, 3.63) is 0 Å². The molecule has 1 saturated carbocycles. The van der Waals surface area contributed by atoms with Crippen molar-refractivity contribution in [2.45, 2.75) is 70.6 Å². The van der Waals surface area contributed by atoms with Crippen LogP contribution in [0.3, 0.4) is 0 Å². The Kier molecular flexibility index (Phi) is 8.35. The number of hydrogen-bond acceptors (Lipinski definition) is 5. The third kappa shape index (κ3) is 8.19. The van der Waals surface area contributed by atoms with E-state index in [4.69, 9.17) is 14.7 Å². The highest BCUT2D eigenvalue weighted by Gasteiger charge is 2.28. The first kappa shape index (κ1) is 19.7. The Labute approximate surface area is 139 Å². The molecule has 0 heterocycles. The minimum atomic E-state index is -0.473. The summed E-state index contributed by atoms with van der Waals surface area (Å²) in [4.78, 5) is 11.6. The highest BCUT2D eigenvalue weighted by molar-refractivity contribution is 5.67. The Balaban J connectivity index is 2.28. The standard InChI is InChI=1S/C17H31N3O3/c1-17(2,3)23-16(21)19-10-6-8-14(12-22-4)20-15-9-5-7-13(15)11-18/h13-15,20H,5-10,12H2,1-4H3,(H,19,21). The number of ether oxygens (including phenoxy) is 2. The van der Waals surface area contributed by atoms with Crippen LogP contribution >= 0.6 is 0 Å². The van der Waals surface area contributed by atoms with E-state index in [-0.39, 0.29) is 24.1 Å². The SMILES string of the molecule is COCC(CCCNC(=O)OC(C)(C)C)NC1CCCC1C#N. The number of carbonyl (C=O) groups excluding carboxylic acids is 1. The van der Waals surface area contributed by atoms with Crippen LogP contribution in [-0.2, 0) is 9.47 Å². The van der Waals surface area contributed by atoms with Gasteiger partial charge in [-0.3, -0.25) is 0 Å².